The summed E-state index contributed by atoms with van der Waals surface area (Å²) >= 11 is 0. The minimum absolute atomic E-state index is 0.138. The fourth-order valence-corrected chi connectivity index (χ4v) is 2.91. The van der Waals surface area contributed by atoms with Gasteiger partial charge in [-0.1, -0.05) is 12.6 Å². The minimum Gasteiger partial charge on any atom is -0.371 e. The summed E-state index contributed by atoms with van der Waals surface area (Å²) < 4.78 is 25.6. The van der Waals surface area contributed by atoms with E-state index in [-0.39, 0.29) is 38.3 Å². The number of rotatable bonds is 0. The molecule has 4 rings (SSSR count). The van der Waals surface area contributed by atoms with Gasteiger partial charge < -0.3 is 4.85 Å². The molecule has 4 aromatic rings. The van der Waals surface area contributed by atoms with Crippen LogP contribution in [-0.4, -0.2) is 15.0 Å². The third-order valence-electron chi connectivity index (χ3n) is 4.15. The number of pyridine rings is 3. The Kier molecular flexibility index (Phi) is 3.14. The predicted octanol–water partition coefficient (Wildman–Crippen LogP) is 4.60. The molecule has 30 heavy (non-hydrogen) atoms. The maximum atomic E-state index is 9.48. The average molecular weight is 384 g/mol. The Morgan fingerprint density at radius 2 is 1.23 bits per heavy atom. The predicted molar refractivity (Wildman–Crippen MR) is 105 cm³/mol. The number of benzene rings is 1. The van der Waals surface area contributed by atoms with E-state index in [0.717, 1.165) is 0 Å². The molecule has 132 valence electrons. The zero-order chi connectivity index (χ0) is 24.0. The molecule has 0 fully saturated rings. The molecule has 0 radical (unpaired) electrons. The molecule has 0 amide bonds. The number of aromatic nitrogens is 3. The molecule has 3 aromatic heterocycles. The first kappa shape index (κ1) is 14.4. The fraction of sp³-hybridized carbons (Fsp3) is 0. The number of fused-ring (bicyclic) bond motifs is 6. The summed E-state index contributed by atoms with van der Waals surface area (Å²) in [6.45, 7) is 22.1. The summed E-state index contributed by atoms with van der Waals surface area (Å²) in [4.78, 5) is 22.0. The van der Waals surface area contributed by atoms with E-state index in [1.807, 2.05) is 0 Å². The lowest BCUT2D eigenvalue weighted by atomic mass is 10.0. The number of hydrogen-bond acceptors (Lipinski definition) is 6. The maximum absolute atomic E-state index is 9.48. The van der Waals surface area contributed by atoms with Gasteiger partial charge in [0.25, 0.3) is 5.82 Å². The molecule has 0 spiro atoms. The van der Waals surface area contributed by atoms with Gasteiger partial charge in [0, 0.05) is 18.9 Å². The Balaban J connectivity index is 2.58. The van der Waals surface area contributed by atoms with Crippen molar-refractivity contribution >= 4 is 49.9 Å². The number of hydrogen-bond donors (Lipinski definition) is 0. The molecule has 9 nitrogen and oxygen atoms in total. The molecular weight excluding hydrogens is 378 g/mol. The lowest BCUT2D eigenvalue weighted by Gasteiger charge is -2.10. The van der Waals surface area contributed by atoms with E-state index in [9.17, 15) is 15.8 Å². The van der Waals surface area contributed by atoms with Gasteiger partial charge in [-0.25, -0.2) is 19.7 Å². The quantitative estimate of drug-likeness (QED) is 0.322. The first-order valence-corrected chi connectivity index (χ1v) is 7.85. The summed E-state index contributed by atoms with van der Waals surface area (Å²) in [7, 11) is 0. The SMILES string of the molecule is [2H]c1c(C#N)c(C#N)nc2c1c1nc(C#N)c([N+]#[C-])c([2H])c1c1nc([N+]#[C-])c([N+]#[C-])c([2H])c21. The molecule has 1 aromatic carbocycles. The van der Waals surface area contributed by atoms with E-state index >= 15 is 0 Å². The van der Waals surface area contributed by atoms with Crippen LogP contribution >= 0.6 is 0 Å². The Bertz CT molecular complexity index is 1620. The van der Waals surface area contributed by atoms with Crippen LogP contribution in [0.25, 0.3) is 47.2 Å². The molecule has 0 aliphatic carbocycles. The minimum atomic E-state index is -0.477. The highest BCUT2D eigenvalue weighted by molar-refractivity contribution is 6.23. The van der Waals surface area contributed by atoms with Crippen molar-refractivity contribution in [2.24, 2.45) is 0 Å². The van der Waals surface area contributed by atoms with Crippen molar-refractivity contribution in [2.75, 3.05) is 0 Å². The van der Waals surface area contributed by atoms with Gasteiger partial charge in [0.05, 0.1) is 31.1 Å². The van der Waals surface area contributed by atoms with Crippen LogP contribution in [0.1, 0.15) is 21.1 Å². The summed E-state index contributed by atoms with van der Waals surface area (Å²) in [5, 5.41) is 28.0. The molecule has 0 N–H and O–H groups in total. The van der Waals surface area contributed by atoms with Gasteiger partial charge in [0.15, 0.2) is 11.2 Å². The van der Waals surface area contributed by atoms with Crippen molar-refractivity contribution in [2.45, 2.75) is 0 Å². The molecule has 0 saturated heterocycles. The van der Waals surface area contributed by atoms with E-state index in [2.05, 4.69) is 29.5 Å². The van der Waals surface area contributed by atoms with Crippen LogP contribution < -0.4 is 0 Å². The highest BCUT2D eigenvalue weighted by Crippen LogP contribution is 2.39. The topological polar surface area (TPSA) is 123 Å². The van der Waals surface area contributed by atoms with Crippen molar-refractivity contribution in [3.63, 3.8) is 0 Å². The summed E-state index contributed by atoms with van der Waals surface area (Å²) in [5.41, 5.74) is -2.47. The van der Waals surface area contributed by atoms with Gasteiger partial charge in [-0.05, 0) is 12.1 Å². The maximum Gasteiger partial charge on any atom is 0.274 e. The molecule has 0 unspecified atom stereocenters. The van der Waals surface area contributed by atoms with Crippen LogP contribution in [0.3, 0.4) is 0 Å². The number of nitriles is 3. The van der Waals surface area contributed by atoms with Gasteiger partial charge in [0.1, 0.15) is 23.9 Å². The second-order valence-electron chi connectivity index (χ2n) is 5.65. The largest absolute Gasteiger partial charge is 0.371 e. The van der Waals surface area contributed by atoms with E-state index in [0.29, 0.717) is 0 Å². The van der Waals surface area contributed by atoms with E-state index < -0.39 is 46.7 Å². The van der Waals surface area contributed by atoms with Crippen molar-refractivity contribution < 1.29 is 4.11 Å². The van der Waals surface area contributed by atoms with E-state index in [1.54, 1.807) is 18.2 Å². The van der Waals surface area contributed by atoms with Gasteiger partial charge in [-0.3, -0.25) is 0 Å². The third kappa shape index (κ3) is 2.32. The van der Waals surface area contributed by atoms with Gasteiger partial charge in [-0.15, -0.1) is 4.98 Å². The Labute approximate surface area is 173 Å². The summed E-state index contributed by atoms with van der Waals surface area (Å²) in [6.07, 6.45) is 0. The molecule has 0 atom stereocenters. The van der Waals surface area contributed by atoms with Crippen molar-refractivity contribution in [3.8, 4) is 18.2 Å². The first-order chi connectivity index (χ1) is 15.9. The van der Waals surface area contributed by atoms with E-state index in [4.69, 9.17) is 23.8 Å². The second kappa shape index (κ2) is 6.53. The normalized spacial score (nSPS) is 11.2. The Morgan fingerprint density at radius 3 is 1.77 bits per heavy atom. The summed E-state index contributed by atoms with van der Waals surface area (Å²) in [5.74, 6) is -0.420. The second-order valence-corrected chi connectivity index (χ2v) is 5.65. The Hall–Kier alpha value is -5.61. The average Bonchev–Trinajstić information content (AvgIpc) is 2.82. The number of nitrogens with zero attached hydrogens (tertiary/aromatic N) is 9. The van der Waals surface area contributed by atoms with Crippen molar-refractivity contribution in [3.05, 3.63) is 69.3 Å². The van der Waals surface area contributed by atoms with Crippen LogP contribution in [-0.2, 0) is 0 Å². The molecule has 0 aliphatic rings. The Morgan fingerprint density at radius 1 is 0.700 bits per heavy atom. The lowest BCUT2D eigenvalue weighted by molar-refractivity contribution is 1.29. The molecule has 9 heteroatoms. The van der Waals surface area contributed by atoms with Crippen LogP contribution in [0.15, 0.2) is 18.1 Å². The molecule has 3 heterocycles. The third-order valence-corrected chi connectivity index (χ3v) is 4.15. The highest BCUT2D eigenvalue weighted by atomic mass is 14.9. The highest BCUT2D eigenvalue weighted by Gasteiger charge is 2.21. The molecule has 0 saturated carbocycles. The van der Waals surface area contributed by atoms with Gasteiger partial charge in [-0.2, -0.15) is 15.8 Å². The molecular formula is C21H3N9. The smallest absolute Gasteiger partial charge is 0.274 e. The standard InChI is InChI=1S/C21H3N9/c1-25-14-5-12-19(29-17(14)9-24)11-4-10(7-22)16(8-23)28-18(11)13-6-15(26-2)21(27-3)30-20(12)13/h4-6H/i4D,5D,6D. The monoisotopic (exact) mass is 384 g/mol. The first-order valence-electron chi connectivity index (χ1n) is 9.35. The van der Waals surface area contributed by atoms with Crippen LogP contribution in [0, 0.1) is 53.7 Å². The zero-order valence-corrected chi connectivity index (χ0v) is 14.5. The van der Waals surface area contributed by atoms with Gasteiger partial charge in [0.2, 0.25) is 11.4 Å². The summed E-state index contributed by atoms with van der Waals surface area (Å²) in [6, 6.07) is 3.76. The fourth-order valence-electron chi connectivity index (χ4n) is 2.91. The van der Waals surface area contributed by atoms with Crippen LogP contribution in [0.4, 0.5) is 17.2 Å². The van der Waals surface area contributed by atoms with Crippen molar-refractivity contribution in [1.29, 1.82) is 15.8 Å². The zero-order valence-electron chi connectivity index (χ0n) is 17.5. The lowest BCUT2D eigenvalue weighted by Crippen LogP contribution is -1.96. The molecule has 0 aliphatic heterocycles. The van der Waals surface area contributed by atoms with Crippen LogP contribution in [0.5, 0.6) is 0 Å². The van der Waals surface area contributed by atoms with Crippen molar-refractivity contribution in [1.82, 2.24) is 15.0 Å². The van der Waals surface area contributed by atoms with E-state index in [1.165, 1.54) is 0 Å². The van der Waals surface area contributed by atoms with Crippen LogP contribution in [0.2, 0.25) is 0 Å². The van der Waals surface area contributed by atoms with Gasteiger partial charge >= 0.3 is 0 Å². The molecule has 0 bridgehead atoms.